The summed E-state index contributed by atoms with van der Waals surface area (Å²) >= 11 is 0. The molecule has 0 bridgehead atoms. The molecule has 20 heavy (non-hydrogen) atoms. The van der Waals surface area contributed by atoms with E-state index in [-0.39, 0.29) is 16.9 Å². The molecule has 116 valence electrons. The Balaban J connectivity index is 2.90. The molecule has 1 aromatic heterocycles. The number of nitrogens with zero attached hydrogens (tertiary/aromatic N) is 3. The first-order valence-electron chi connectivity index (χ1n) is 6.05. The standard InChI is InChI=1S/C11H20F2N4O2S/c1-11(2,7-14)8-16(3)20(18,19)9-4-15-17(5-9)6-10(12)13/h4-5,10H,6-8,14H2,1-3H3. The van der Waals surface area contributed by atoms with E-state index in [4.69, 9.17) is 5.73 Å². The Kier molecular flexibility index (Phi) is 5.22. The van der Waals surface area contributed by atoms with Crippen molar-refractivity contribution in [3.63, 3.8) is 0 Å². The fraction of sp³-hybridized carbons (Fsp3) is 0.727. The zero-order valence-corrected chi connectivity index (χ0v) is 12.6. The molecule has 0 aromatic carbocycles. The van der Waals surface area contributed by atoms with E-state index in [0.29, 0.717) is 6.54 Å². The summed E-state index contributed by atoms with van der Waals surface area (Å²) in [4.78, 5) is -0.103. The minimum atomic E-state index is -3.75. The quantitative estimate of drug-likeness (QED) is 0.806. The lowest BCUT2D eigenvalue weighted by atomic mass is 9.94. The largest absolute Gasteiger partial charge is 0.330 e. The van der Waals surface area contributed by atoms with Gasteiger partial charge in [-0.2, -0.15) is 5.10 Å². The smallest absolute Gasteiger partial charge is 0.257 e. The molecule has 0 fully saturated rings. The van der Waals surface area contributed by atoms with Crippen molar-refractivity contribution in [2.24, 2.45) is 11.1 Å². The van der Waals surface area contributed by atoms with Crippen molar-refractivity contribution in [1.29, 1.82) is 0 Å². The SMILES string of the molecule is CN(CC(C)(C)CN)S(=O)(=O)c1cnn(CC(F)F)c1. The van der Waals surface area contributed by atoms with Crippen molar-refractivity contribution in [3.8, 4) is 0 Å². The molecule has 0 aliphatic heterocycles. The molecule has 0 aliphatic rings. The molecule has 1 heterocycles. The lowest BCUT2D eigenvalue weighted by Gasteiger charge is -2.28. The summed E-state index contributed by atoms with van der Waals surface area (Å²) in [5.41, 5.74) is 5.20. The number of hydrogen-bond acceptors (Lipinski definition) is 4. The highest BCUT2D eigenvalue weighted by Gasteiger charge is 2.28. The van der Waals surface area contributed by atoms with Crippen molar-refractivity contribution in [2.75, 3.05) is 20.1 Å². The Morgan fingerprint density at radius 3 is 2.60 bits per heavy atom. The minimum absolute atomic E-state index is 0.103. The van der Waals surface area contributed by atoms with Crippen LogP contribution in [0.15, 0.2) is 17.3 Å². The highest BCUT2D eigenvalue weighted by molar-refractivity contribution is 7.89. The van der Waals surface area contributed by atoms with Crippen LogP contribution in [0, 0.1) is 5.41 Å². The maximum Gasteiger partial charge on any atom is 0.257 e. The number of nitrogens with two attached hydrogens (primary N) is 1. The number of aromatic nitrogens is 2. The molecule has 0 spiro atoms. The molecule has 0 aliphatic carbocycles. The summed E-state index contributed by atoms with van der Waals surface area (Å²) in [6.07, 6.45) is -0.406. The zero-order valence-electron chi connectivity index (χ0n) is 11.8. The van der Waals surface area contributed by atoms with Crippen LogP contribution in [0.1, 0.15) is 13.8 Å². The molecular weight excluding hydrogens is 290 g/mol. The van der Waals surface area contributed by atoms with Gasteiger partial charge in [0.25, 0.3) is 6.43 Å². The average Bonchev–Trinajstić information content (AvgIpc) is 2.76. The summed E-state index contributed by atoms with van der Waals surface area (Å²) in [5, 5.41) is 3.63. The molecule has 0 saturated carbocycles. The molecule has 1 rings (SSSR count). The van der Waals surface area contributed by atoms with E-state index >= 15 is 0 Å². The Bertz CT molecular complexity index is 542. The molecule has 9 heteroatoms. The van der Waals surface area contributed by atoms with Crippen molar-refractivity contribution >= 4 is 10.0 Å². The molecule has 0 amide bonds. The monoisotopic (exact) mass is 310 g/mol. The maximum atomic E-state index is 12.3. The number of hydrogen-bond donors (Lipinski definition) is 1. The van der Waals surface area contributed by atoms with Gasteiger partial charge in [0.2, 0.25) is 10.0 Å². The average molecular weight is 310 g/mol. The third-order valence-corrected chi connectivity index (χ3v) is 4.60. The zero-order chi connectivity index (χ0) is 15.6. The van der Waals surface area contributed by atoms with Gasteiger partial charge in [0.1, 0.15) is 11.4 Å². The lowest BCUT2D eigenvalue weighted by Crippen LogP contribution is -2.39. The third-order valence-electron chi connectivity index (χ3n) is 2.85. The third kappa shape index (κ3) is 4.22. The summed E-state index contributed by atoms with van der Waals surface area (Å²) in [7, 11) is -2.32. The second kappa shape index (κ2) is 6.15. The fourth-order valence-corrected chi connectivity index (χ4v) is 2.97. The van der Waals surface area contributed by atoms with E-state index in [1.54, 1.807) is 0 Å². The second-order valence-electron chi connectivity index (χ2n) is 5.42. The van der Waals surface area contributed by atoms with E-state index < -0.39 is 23.0 Å². The van der Waals surface area contributed by atoms with Gasteiger partial charge in [-0.05, 0) is 12.0 Å². The molecule has 2 N–H and O–H groups in total. The van der Waals surface area contributed by atoms with E-state index in [0.717, 1.165) is 21.4 Å². The second-order valence-corrected chi connectivity index (χ2v) is 7.46. The first kappa shape index (κ1) is 17.0. The first-order valence-corrected chi connectivity index (χ1v) is 7.49. The van der Waals surface area contributed by atoms with Crippen LogP contribution >= 0.6 is 0 Å². The van der Waals surface area contributed by atoms with Gasteiger partial charge < -0.3 is 5.73 Å². The van der Waals surface area contributed by atoms with Crippen molar-refractivity contribution in [3.05, 3.63) is 12.4 Å². The normalized spacial score (nSPS) is 13.4. The van der Waals surface area contributed by atoms with Gasteiger partial charge in [-0.25, -0.2) is 21.5 Å². The summed E-state index contributed by atoms with van der Waals surface area (Å²) < 4.78 is 51.0. The van der Waals surface area contributed by atoms with Crippen LogP contribution in [-0.4, -0.2) is 49.1 Å². The Labute approximate surface area is 117 Å². The number of alkyl halides is 2. The molecule has 1 aromatic rings. The lowest BCUT2D eigenvalue weighted by molar-refractivity contribution is 0.121. The van der Waals surface area contributed by atoms with Gasteiger partial charge in [0.15, 0.2) is 0 Å². The summed E-state index contributed by atoms with van der Waals surface area (Å²) in [6, 6.07) is 0. The van der Waals surface area contributed by atoms with Crippen LogP contribution in [0.3, 0.4) is 0 Å². The van der Waals surface area contributed by atoms with Crippen LogP contribution in [-0.2, 0) is 16.6 Å². The molecule has 0 unspecified atom stereocenters. The Morgan fingerprint density at radius 2 is 2.10 bits per heavy atom. The van der Waals surface area contributed by atoms with Crippen LogP contribution in [0.25, 0.3) is 0 Å². The van der Waals surface area contributed by atoms with Gasteiger partial charge >= 0.3 is 0 Å². The molecular formula is C11H20F2N4O2S. The van der Waals surface area contributed by atoms with Crippen LogP contribution in [0.4, 0.5) is 8.78 Å². The molecule has 6 nitrogen and oxygen atoms in total. The first-order chi connectivity index (χ1) is 9.08. The molecule has 0 radical (unpaired) electrons. The number of halogens is 2. The van der Waals surface area contributed by atoms with Crippen LogP contribution < -0.4 is 5.73 Å². The van der Waals surface area contributed by atoms with Crippen molar-refractivity contribution < 1.29 is 17.2 Å². The van der Waals surface area contributed by atoms with E-state index in [9.17, 15) is 17.2 Å². The van der Waals surface area contributed by atoms with Gasteiger partial charge in [0, 0.05) is 19.8 Å². The van der Waals surface area contributed by atoms with E-state index in [1.165, 1.54) is 7.05 Å². The van der Waals surface area contributed by atoms with E-state index in [2.05, 4.69) is 5.10 Å². The summed E-state index contributed by atoms with van der Waals surface area (Å²) in [6.45, 7) is 3.62. The maximum absolute atomic E-state index is 12.3. The van der Waals surface area contributed by atoms with Gasteiger partial charge in [-0.1, -0.05) is 13.8 Å². The predicted octanol–water partition coefficient (Wildman–Crippen LogP) is 0.754. The fourth-order valence-electron chi connectivity index (χ4n) is 1.65. The van der Waals surface area contributed by atoms with Crippen molar-refractivity contribution in [1.82, 2.24) is 14.1 Å². The summed E-state index contributed by atoms with van der Waals surface area (Å²) in [5.74, 6) is 0. The van der Waals surface area contributed by atoms with Crippen molar-refractivity contribution in [2.45, 2.75) is 31.7 Å². The van der Waals surface area contributed by atoms with E-state index in [1.807, 2.05) is 13.8 Å². The van der Waals surface area contributed by atoms with Gasteiger partial charge in [0.05, 0.1) is 6.20 Å². The number of sulfonamides is 1. The molecule has 0 atom stereocenters. The highest BCUT2D eigenvalue weighted by Crippen LogP contribution is 2.20. The van der Waals surface area contributed by atoms with Gasteiger partial charge in [-0.15, -0.1) is 0 Å². The Hall–Kier alpha value is -1.06. The highest BCUT2D eigenvalue weighted by atomic mass is 32.2. The van der Waals surface area contributed by atoms with Crippen LogP contribution in [0.5, 0.6) is 0 Å². The van der Waals surface area contributed by atoms with Crippen LogP contribution in [0.2, 0.25) is 0 Å². The van der Waals surface area contributed by atoms with Gasteiger partial charge in [-0.3, -0.25) is 4.68 Å². The Morgan fingerprint density at radius 1 is 1.50 bits per heavy atom. The topological polar surface area (TPSA) is 81.2 Å². The predicted molar refractivity (Wildman–Crippen MR) is 70.9 cm³/mol. The molecule has 0 saturated heterocycles. The minimum Gasteiger partial charge on any atom is -0.330 e. The number of rotatable bonds is 7.